The maximum Gasteiger partial charge on any atom is 0.268 e. The van der Waals surface area contributed by atoms with E-state index in [0.717, 1.165) is 11.1 Å². The van der Waals surface area contributed by atoms with Crippen molar-refractivity contribution >= 4 is 15.9 Å². The smallest absolute Gasteiger partial charge is 0.268 e. The minimum absolute atomic E-state index is 0.0819. The molecule has 0 atom stereocenters. The Kier molecular flexibility index (Phi) is 6.27. The van der Waals surface area contributed by atoms with Gasteiger partial charge in [0.25, 0.3) is 5.91 Å². The van der Waals surface area contributed by atoms with Crippen LogP contribution in [0.3, 0.4) is 0 Å². The van der Waals surface area contributed by atoms with Crippen molar-refractivity contribution in [2.45, 2.75) is 18.0 Å². The van der Waals surface area contributed by atoms with Crippen molar-refractivity contribution in [3.05, 3.63) is 53.3 Å². The van der Waals surface area contributed by atoms with Crippen LogP contribution in [0, 0.1) is 0 Å². The van der Waals surface area contributed by atoms with Crippen LogP contribution >= 0.6 is 0 Å². The lowest BCUT2D eigenvalue weighted by molar-refractivity contribution is 0.0730. The monoisotopic (exact) mass is 393 g/mol. The van der Waals surface area contributed by atoms with Gasteiger partial charge in [0.15, 0.2) is 0 Å². The number of carbonyl (C=O) groups is 1. The number of carbonyl (C=O) groups excluding carboxylic acids is 1. The van der Waals surface area contributed by atoms with Crippen molar-refractivity contribution in [1.82, 2.24) is 14.6 Å². The summed E-state index contributed by atoms with van der Waals surface area (Å²) in [6, 6.07) is 9.07. The molecule has 0 unspecified atom stereocenters. The van der Waals surface area contributed by atoms with Crippen LogP contribution < -0.4 is 5.32 Å². The van der Waals surface area contributed by atoms with Crippen LogP contribution in [0.1, 0.15) is 21.6 Å². The van der Waals surface area contributed by atoms with E-state index in [-0.39, 0.29) is 16.5 Å². The SMILES string of the molecule is COCc1ccc(CNC(=O)c2cc(S(=O)(=O)N3CCOCC3)c[nH]2)cc1. The van der Waals surface area contributed by atoms with Crippen LogP contribution in [-0.2, 0) is 32.6 Å². The molecule has 8 nitrogen and oxygen atoms in total. The number of nitrogens with one attached hydrogen (secondary N) is 2. The molecule has 1 saturated heterocycles. The van der Waals surface area contributed by atoms with E-state index in [1.54, 1.807) is 7.11 Å². The Labute approximate surface area is 158 Å². The number of benzene rings is 1. The Balaban J connectivity index is 1.61. The van der Waals surface area contributed by atoms with Crippen LogP contribution in [0.5, 0.6) is 0 Å². The number of aromatic amines is 1. The standard InChI is InChI=1S/C18H23N3O5S/c1-25-13-15-4-2-14(3-5-15)11-20-18(22)17-10-16(12-19-17)27(23,24)21-6-8-26-9-7-21/h2-5,10,12,19H,6-9,11,13H2,1H3,(H,20,22). The van der Waals surface area contributed by atoms with E-state index in [2.05, 4.69) is 10.3 Å². The van der Waals surface area contributed by atoms with E-state index in [9.17, 15) is 13.2 Å². The molecule has 1 fully saturated rings. The first-order valence-electron chi connectivity index (χ1n) is 8.62. The first kappa shape index (κ1) is 19.6. The third-order valence-electron chi connectivity index (χ3n) is 4.30. The summed E-state index contributed by atoms with van der Waals surface area (Å²) in [6.45, 7) is 2.26. The number of H-pyrrole nitrogens is 1. The molecule has 1 aromatic carbocycles. The van der Waals surface area contributed by atoms with Crippen LogP contribution in [0.2, 0.25) is 0 Å². The van der Waals surface area contributed by atoms with Gasteiger partial charge in [0.2, 0.25) is 10.0 Å². The molecule has 1 aromatic heterocycles. The van der Waals surface area contributed by atoms with E-state index in [1.807, 2.05) is 24.3 Å². The molecule has 0 bridgehead atoms. The first-order chi connectivity index (χ1) is 13.0. The van der Waals surface area contributed by atoms with Crippen LogP contribution in [0.25, 0.3) is 0 Å². The highest BCUT2D eigenvalue weighted by Crippen LogP contribution is 2.18. The fourth-order valence-electron chi connectivity index (χ4n) is 2.79. The third-order valence-corrected chi connectivity index (χ3v) is 6.17. The Hall–Kier alpha value is -2.20. The average molecular weight is 393 g/mol. The van der Waals surface area contributed by atoms with Crippen molar-refractivity contribution < 1.29 is 22.7 Å². The summed E-state index contributed by atoms with van der Waals surface area (Å²) in [5.41, 5.74) is 2.20. The average Bonchev–Trinajstić information content (AvgIpc) is 3.19. The number of sulfonamides is 1. The normalized spacial score (nSPS) is 15.6. The number of nitrogens with zero attached hydrogens (tertiary/aromatic N) is 1. The van der Waals surface area contributed by atoms with Crippen molar-refractivity contribution in [1.29, 1.82) is 0 Å². The zero-order valence-electron chi connectivity index (χ0n) is 15.1. The Morgan fingerprint density at radius 1 is 1.22 bits per heavy atom. The molecule has 146 valence electrons. The summed E-state index contributed by atoms with van der Waals surface area (Å²) in [4.78, 5) is 15.1. The van der Waals surface area contributed by atoms with Crippen LogP contribution in [0.15, 0.2) is 41.4 Å². The number of hydrogen-bond donors (Lipinski definition) is 2. The number of aromatic nitrogens is 1. The van der Waals surface area contributed by atoms with Crippen LogP contribution in [0.4, 0.5) is 0 Å². The zero-order chi connectivity index (χ0) is 19.3. The molecule has 1 aliphatic heterocycles. The molecule has 9 heteroatoms. The first-order valence-corrected chi connectivity index (χ1v) is 10.1. The number of morpholine rings is 1. The minimum atomic E-state index is -3.62. The molecular formula is C18H23N3O5S. The largest absolute Gasteiger partial charge is 0.380 e. The quantitative estimate of drug-likeness (QED) is 0.734. The minimum Gasteiger partial charge on any atom is -0.380 e. The van der Waals surface area contributed by atoms with Gasteiger partial charge in [-0.25, -0.2) is 8.42 Å². The molecule has 0 saturated carbocycles. The van der Waals surface area contributed by atoms with Gasteiger partial charge >= 0.3 is 0 Å². The van der Waals surface area contributed by atoms with Gasteiger partial charge in [0, 0.05) is 32.9 Å². The molecule has 27 heavy (non-hydrogen) atoms. The van der Waals surface area contributed by atoms with Gasteiger partial charge in [-0.2, -0.15) is 4.31 Å². The van der Waals surface area contributed by atoms with Gasteiger partial charge in [-0.1, -0.05) is 24.3 Å². The predicted octanol–water partition coefficient (Wildman–Crippen LogP) is 1.11. The second-order valence-corrected chi connectivity index (χ2v) is 8.14. The van der Waals surface area contributed by atoms with Crippen molar-refractivity contribution in [2.24, 2.45) is 0 Å². The number of rotatable bonds is 7. The highest BCUT2D eigenvalue weighted by molar-refractivity contribution is 7.89. The molecule has 1 amide bonds. The lowest BCUT2D eigenvalue weighted by Gasteiger charge is -2.25. The summed E-state index contributed by atoms with van der Waals surface area (Å²) in [5, 5.41) is 2.78. The fourth-order valence-corrected chi connectivity index (χ4v) is 4.19. The van der Waals surface area contributed by atoms with Gasteiger partial charge < -0.3 is 19.8 Å². The molecule has 0 aliphatic carbocycles. The summed E-state index contributed by atoms with van der Waals surface area (Å²) in [7, 11) is -1.98. The van der Waals surface area contributed by atoms with E-state index in [0.29, 0.717) is 39.5 Å². The lowest BCUT2D eigenvalue weighted by atomic mass is 10.1. The molecule has 0 radical (unpaired) electrons. The highest BCUT2D eigenvalue weighted by atomic mass is 32.2. The maximum absolute atomic E-state index is 12.6. The molecule has 2 N–H and O–H groups in total. The molecule has 0 spiro atoms. The molecular weight excluding hydrogens is 370 g/mol. The lowest BCUT2D eigenvalue weighted by Crippen LogP contribution is -2.40. The van der Waals surface area contributed by atoms with E-state index in [4.69, 9.17) is 9.47 Å². The Morgan fingerprint density at radius 3 is 2.56 bits per heavy atom. The van der Waals surface area contributed by atoms with Crippen molar-refractivity contribution in [3.63, 3.8) is 0 Å². The summed E-state index contributed by atoms with van der Waals surface area (Å²) in [5.74, 6) is -0.362. The van der Waals surface area contributed by atoms with E-state index < -0.39 is 10.0 Å². The predicted molar refractivity (Wildman–Crippen MR) is 98.7 cm³/mol. The van der Waals surface area contributed by atoms with E-state index in [1.165, 1.54) is 16.6 Å². The second-order valence-electron chi connectivity index (χ2n) is 6.20. The summed E-state index contributed by atoms with van der Waals surface area (Å²) >= 11 is 0. The molecule has 1 aliphatic rings. The highest BCUT2D eigenvalue weighted by Gasteiger charge is 2.27. The topological polar surface area (TPSA) is 101 Å². The van der Waals surface area contributed by atoms with Crippen molar-refractivity contribution in [2.75, 3.05) is 33.4 Å². The zero-order valence-corrected chi connectivity index (χ0v) is 15.9. The Bertz CT molecular complexity index is 871. The van der Waals surface area contributed by atoms with Crippen molar-refractivity contribution in [3.8, 4) is 0 Å². The van der Waals surface area contributed by atoms with Gasteiger partial charge in [-0.05, 0) is 17.2 Å². The van der Waals surface area contributed by atoms with Crippen LogP contribution in [-0.4, -0.2) is 57.0 Å². The van der Waals surface area contributed by atoms with Gasteiger partial charge in [0.1, 0.15) is 10.6 Å². The number of methoxy groups -OCH3 is 1. The fraction of sp³-hybridized carbons (Fsp3) is 0.389. The van der Waals surface area contributed by atoms with E-state index >= 15 is 0 Å². The number of hydrogen-bond acceptors (Lipinski definition) is 5. The third kappa shape index (κ3) is 4.75. The van der Waals surface area contributed by atoms with Gasteiger partial charge in [0.05, 0.1) is 19.8 Å². The summed E-state index contributed by atoms with van der Waals surface area (Å²) < 4.78 is 36.8. The number of amides is 1. The van der Waals surface area contributed by atoms with Gasteiger partial charge in [-0.3, -0.25) is 4.79 Å². The second kappa shape index (κ2) is 8.66. The molecule has 3 rings (SSSR count). The molecule has 2 heterocycles. The molecule has 2 aromatic rings. The maximum atomic E-state index is 12.6. The van der Waals surface area contributed by atoms with Gasteiger partial charge in [-0.15, -0.1) is 0 Å². The summed E-state index contributed by atoms with van der Waals surface area (Å²) in [6.07, 6.45) is 1.35. The Morgan fingerprint density at radius 2 is 1.89 bits per heavy atom. The number of ether oxygens (including phenoxy) is 2.